The van der Waals surface area contributed by atoms with Crippen molar-refractivity contribution in [3.8, 4) is 29.2 Å². The van der Waals surface area contributed by atoms with Crippen molar-refractivity contribution in [1.82, 2.24) is 14.5 Å². The van der Waals surface area contributed by atoms with E-state index in [0.717, 1.165) is 35.5 Å². The Labute approximate surface area is 217 Å². The minimum absolute atomic E-state index is 0.0644. The molecule has 0 saturated carbocycles. The van der Waals surface area contributed by atoms with E-state index in [4.69, 9.17) is 11.2 Å². The summed E-state index contributed by atoms with van der Waals surface area (Å²) in [4.78, 5) is 21.4. The largest absolute Gasteiger partial charge is 0.488 e. The van der Waals surface area contributed by atoms with Gasteiger partial charge in [0.05, 0.1) is 17.1 Å². The van der Waals surface area contributed by atoms with Crippen molar-refractivity contribution in [2.75, 3.05) is 13.2 Å². The number of ether oxygens (including phenoxy) is 1. The van der Waals surface area contributed by atoms with Gasteiger partial charge in [-0.05, 0) is 61.2 Å². The van der Waals surface area contributed by atoms with E-state index in [1.165, 1.54) is 12.3 Å². The van der Waals surface area contributed by atoms with Crippen molar-refractivity contribution >= 4 is 43.3 Å². The lowest BCUT2D eigenvalue weighted by Crippen LogP contribution is -2.22. The molecule has 1 N–H and O–H groups in total. The van der Waals surface area contributed by atoms with Gasteiger partial charge in [0.1, 0.15) is 5.65 Å². The van der Waals surface area contributed by atoms with Gasteiger partial charge in [-0.1, -0.05) is 15.9 Å². The van der Waals surface area contributed by atoms with Crippen LogP contribution in [0.2, 0.25) is 0 Å². The molecule has 1 saturated heterocycles. The molecule has 8 nitrogen and oxygen atoms in total. The van der Waals surface area contributed by atoms with E-state index in [1.54, 1.807) is 0 Å². The van der Waals surface area contributed by atoms with Crippen LogP contribution < -0.4 is 9.61 Å². The summed E-state index contributed by atoms with van der Waals surface area (Å²) in [6, 6.07) is 10.8. The Kier molecular flexibility index (Phi) is 5.70. The van der Waals surface area contributed by atoms with Gasteiger partial charge in [-0.25, -0.2) is 0 Å². The topological polar surface area (TPSA) is 103 Å². The number of hydrogen-bond acceptors (Lipinski definition) is 6. The minimum Gasteiger partial charge on any atom is -0.381 e. The Morgan fingerprint density at radius 3 is 2.68 bits per heavy atom. The summed E-state index contributed by atoms with van der Waals surface area (Å²) >= 11 is 0. The first-order valence-electron chi connectivity index (χ1n) is 12.0. The van der Waals surface area contributed by atoms with Crippen molar-refractivity contribution in [1.29, 1.82) is 0 Å². The van der Waals surface area contributed by atoms with Gasteiger partial charge in [-0.3, -0.25) is 9.78 Å². The number of pyridine rings is 2. The molecular weight excluding hydrogens is 509 g/mol. The van der Waals surface area contributed by atoms with Crippen LogP contribution in [0.3, 0.4) is 0 Å². The van der Waals surface area contributed by atoms with Gasteiger partial charge in [0.25, 0.3) is 0 Å². The van der Waals surface area contributed by atoms with Crippen molar-refractivity contribution < 1.29 is 21.2 Å². The van der Waals surface area contributed by atoms with E-state index in [1.807, 2.05) is 37.3 Å². The Morgan fingerprint density at radius 2 is 1.95 bits per heavy atom. The molecule has 6 rings (SSSR count). The highest BCUT2D eigenvalue weighted by Gasteiger charge is 2.24. The second-order valence-corrected chi connectivity index (χ2v) is 10.3. The van der Waals surface area contributed by atoms with Crippen LogP contribution in [0.1, 0.15) is 30.0 Å². The van der Waals surface area contributed by atoms with Gasteiger partial charge in [0, 0.05) is 52.9 Å². The third kappa shape index (κ3) is 4.10. The second kappa shape index (κ2) is 8.97. The maximum absolute atomic E-state index is 13.9. The number of hydrogen-bond donors (Lipinski definition) is 1. The van der Waals surface area contributed by atoms with Gasteiger partial charge in [-0.2, -0.15) is 8.42 Å². The van der Waals surface area contributed by atoms with E-state index < -0.39 is 10.5 Å². The average molecular weight is 532 g/mol. The van der Waals surface area contributed by atoms with Crippen LogP contribution in [0, 0.1) is 19.3 Å². The van der Waals surface area contributed by atoms with Crippen LogP contribution in [0.15, 0.2) is 53.6 Å². The number of nitrogens with one attached hydrogen (secondary N) is 1. The van der Waals surface area contributed by atoms with E-state index in [-0.39, 0.29) is 17.2 Å². The van der Waals surface area contributed by atoms with Crippen molar-refractivity contribution in [3.63, 3.8) is 0 Å². The Bertz CT molecular complexity index is 1960. The zero-order valence-corrected chi connectivity index (χ0v) is 21.1. The second-order valence-electron chi connectivity index (χ2n) is 9.37. The summed E-state index contributed by atoms with van der Waals surface area (Å²) in [5.74, 6) is 2.39. The van der Waals surface area contributed by atoms with E-state index in [0.29, 0.717) is 51.8 Å². The highest BCUT2D eigenvalue weighted by Crippen LogP contribution is 2.36. The number of aromatic amines is 1. The fraction of sp³-hybridized carbons (Fsp3) is 0.214. The zero-order valence-electron chi connectivity index (χ0n) is 20.3. The third-order valence-electron chi connectivity index (χ3n) is 7.04. The van der Waals surface area contributed by atoms with E-state index in [9.17, 15) is 17.1 Å². The number of nitrogens with zero attached hydrogens (tertiary/aromatic N) is 2. The molecular formula is C28H22FN3O5S. The van der Waals surface area contributed by atoms with Crippen LogP contribution in [0.4, 0.5) is 3.89 Å². The molecule has 0 bridgehead atoms. The molecule has 2 aromatic carbocycles. The van der Waals surface area contributed by atoms with Gasteiger partial charge in [0.15, 0.2) is 11.2 Å². The number of H-pyrrole nitrogens is 1. The normalized spacial score (nSPS) is 14.8. The lowest BCUT2D eigenvalue weighted by atomic mass is 9.97. The summed E-state index contributed by atoms with van der Waals surface area (Å²) in [5, 5.41) is 1.95. The predicted molar refractivity (Wildman–Crippen MR) is 143 cm³/mol. The molecule has 0 amide bonds. The van der Waals surface area contributed by atoms with Crippen molar-refractivity contribution in [2.45, 2.75) is 25.8 Å². The Balaban J connectivity index is 1.67. The number of aromatic nitrogens is 3. The Hall–Kier alpha value is -4.20. The first-order chi connectivity index (χ1) is 18.2. The smallest absolute Gasteiger partial charge is 0.381 e. The molecule has 3 aromatic heterocycles. The van der Waals surface area contributed by atoms with Crippen LogP contribution in [-0.4, -0.2) is 36.2 Å². The van der Waals surface area contributed by atoms with E-state index in [2.05, 4.69) is 24.6 Å². The molecule has 38 heavy (non-hydrogen) atoms. The molecule has 1 aliphatic rings. The van der Waals surface area contributed by atoms with Gasteiger partial charge < -0.3 is 18.5 Å². The fourth-order valence-electron chi connectivity index (χ4n) is 5.38. The summed E-state index contributed by atoms with van der Waals surface area (Å²) in [7, 11) is -5.20. The summed E-state index contributed by atoms with van der Waals surface area (Å²) in [6.45, 7) is 3.05. The highest BCUT2D eigenvalue weighted by molar-refractivity contribution is 7.81. The van der Waals surface area contributed by atoms with Crippen LogP contribution in [0.25, 0.3) is 44.0 Å². The number of halogens is 1. The SMILES string of the molecule is C#Cc1ccc2c(c1)[nH]c1c2c(=O)c2cc(C)c(-c3cncc(OS(=O)(=O)F)c3)cc2n1C1CCOCC1. The summed E-state index contributed by atoms with van der Waals surface area (Å²) < 4.78 is 47.3. The quantitative estimate of drug-likeness (QED) is 0.261. The van der Waals surface area contributed by atoms with Crippen LogP contribution in [0.5, 0.6) is 5.75 Å². The molecule has 1 fully saturated rings. The molecule has 4 heterocycles. The standard InChI is InChI=1S/C28H22FN3O5S/c1-3-17-4-5-21-24(11-17)31-28-26(21)27(33)23-10-16(2)22(13-25(23)32(28)19-6-8-36-9-7-19)18-12-20(15-30-14-18)37-38(29,34)35/h1,4-5,10-15,19,31H,6-9H2,2H3. The number of benzene rings is 2. The van der Waals surface area contributed by atoms with E-state index >= 15 is 0 Å². The number of aryl methyl sites for hydroxylation is 1. The number of rotatable bonds is 4. The summed E-state index contributed by atoms with van der Waals surface area (Å²) in [5.41, 5.74) is 4.79. The molecule has 5 aromatic rings. The molecule has 0 atom stereocenters. The molecule has 10 heteroatoms. The monoisotopic (exact) mass is 531 g/mol. The van der Waals surface area contributed by atoms with Crippen molar-refractivity contribution in [2.24, 2.45) is 0 Å². The molecule has 192 valence electrons. The average Bonchev–Trinajstić information content (AvgIpc) is 3.27. The minimum atomic E-state index is -5.20. The highest BCUT2D eigenvalue weighted by atomic mass is 32.3. The first-order valence-corrected chi connectivity index (χ1v) is 13.3. The van der Waals surface area contributed by atoms with Crippen LogP contribution in [-0.2, 0) is 15.2 Å². The van der Waals surface area contributed by atoms with Gasteiger partial charge >= 0.3 is 10.5 Å². The summed E-state index contributed by atoms with van der Waals surface area (Å²) in [6.07, 6.45) is 9.79. The Morgan fingerprint density at radius 1 is 1.16 bits per heavy atom. The predicted octanol–water partition coefficient (Wildman–Crippen LogP) is 4.93. The maximum atomic E-state index is 13.9. The molecule has 0 radical (unpaired) electrons. The number of terminal acetylenes is 1. The lowest BCUT2D eigenvalue weighted by molar-refractivity contribution is 0.0715. The fourth-order valence-corrected chi connectivity index (χ4v) is 5.70. The molecule has 0 aliphatic carbocycles. The first kappa shape index (κ1) is 24.2. The zero-order chi connectivity index (χ0) is 26.6. The van der Waals surface area contributed by atoms with Crippen LogP contribution >= 0.6 is 0 Å². The van der Waals surface area contributed by atoms with Gasteiger partial charge in [0.2, 0.25) is 0 Å². The lowest BCUT2D eigenvalue weighted by Gasteiger charge is -2.27. The van der Waals surface area contributed by atoms with Crippen molar-refractivity contribution in [3.05, 3.63) is 70.1 Å². The third-order valence-corrected chi connectivity index (χ3v) is 7.43. The maximum Gasteiger partial charge on any atom is 0.488 e. The molecule has 0 unspecified atom stereocenters. The van der Waals surface area contributed by atoms with Gasteiger partial charge in [-0.15, -0.1) is 6.42 Å². The molecule has 0 spiro atoms. The number of fused-ring (bicyclic) bond motifs is 4. The molecule has 1 aliphatic heterocycles.